The molecule has 0 saturated carbocycles. The number of fused-ring (bicyclic) bond motifs is 1. The second-order valence-corrected chi connectivity index (χ2v) is 10.7. The van der Waals surface area contributed by atoms with E-state index in [-0.39, 0.29) is 25.6 Å². The number of rotatable bonds is 6. The van der Waals surface area contributed by atoms with Crippen molar-refractivity contribution >= 4 is 92.9 Å². The summed E-state index contributed by atoms with van der Waals surface area (Å²) in [4.78, 5) is 64.6. The number of amides is 3. The van der Waals surface area contributed by atoms with Gasteiger partial charge in [0.1, 0.15) is 17.9 Å². The lowest BCUT2D eigenvalue weighted by atomic mass is 10.1. The molecule has 0 N–H and O–H groups in total. The van der Waals surface area contributed by atoms with Crippen molar-refractivity contribution < 1.29 is 28.5 Å². The molecular formula is C23H10Br4FN3O6. The van der Waals surface area contributed by atoms with Crippen LogP contribution in [0.1, 0.15) is 41.4 Å². The molecule has 0 saturated heterocycles. The van der Waals surface area contributed by atoms with E-state index in [4.69, 9.17) is 0 Å². The fraction of sp³-hybridized carbons (Fsp3) is 0.0435. The number of halogens is 5. The van der Waals surface area contributed by atoms with Crippen LogP contribution in [0, 0.1) is 15.9 Å². The second-order valence-electron chi connectivity index (χ2n) is 7.50. The topological polar surface area (TPSA) is 118 Å². The van der Waals surface area contributed by atoms with Gasteiger partial charge < -0.3 is 0 Å². The summed E-state index contributed by atoms with van der Waals surface area (Å²) in [6, 6.07) is 9.35. The average molecular weight is 763 g/mol. The van der Waals surface area contributed by atoms with Gasteiger partial charge in [0.25, 0.3) is 23.4 Å². The molecule has 9 nitrogen and oxygen atoms in total. The molecule has 188 valence electrons. The quantitative estimate of drug-likeness (QED) is 0.0725. The summed E-state index contributed by atoms with van der Waals surface area (Å²) < 4.78 is 14.6. The number of nitro groups is 1. The summed E-state index contributed by atoms with van der Waals surface area (Å²) in [6.45, 7) is -0.848. The van der Waals surface area contributed by atoms with Gasteiger partial charge in [0, 0.05) is 29.5 Å². The van der Waals surface area contributed by atoms with Gasteiger partial charge in [-0.1, -0.05) is 12.1 Å². The molecule has 0 radical (unpaired) electrons. The first-order chi connectivity index (χ1) is 17.5. The Morgan fingerprint density at radius 1 is 0.865 bits per heavy atom. The highest BCUT2D eigenvalue weighted by atomic mass is 79.9. The Morgan fingerprint density at radius 3 is 1.89 bits per heavy atom. The third kappa shape index (κ3) is 4.78. The van der Waals surface area contributed by atoms with Crippen LogP contribution >= 0.6 is 63.7 Å². The Balaban J connectivity index is 1.86. The molecule has 1 aliphatic heterocycles. The molecule has 0 aromatic heterocycles. The number of Topliss-reactive ketones (excluding diaryl/α,β-unsaturated/α-hetero) is 1. The van der Waals surface area contributed by atoms with E-state index in [2.05, 4.69) is 63.7 Å². The summed E-state index contributed by atoms with van der Waals surface area (Å²) in [5, 5.41) is 12.6. The Morgan fingerprint density at radius 2 is 1.38 bits per heavy atom. The highest BCUT2D eigenvalue weighted by Gasteiger charge is 2.46. The van der Waals surface area contributed by atoms with E-state index in [0.29, 0.717) is 19.0 Å². The van der Waals surface area contributed by atoms with Gasteiger partial charge in [-0.05, 0) is 94.1 Å². The van der Waals surface area contributed by atoms with E-state index in [1.165, 1.54) is 24.3 Å². The summed E-state index contributed by atoms with van der Waals surface area (Å²) in [7, 11) is 0. The van der Waals surface area contributed by atoms with Gasteiger partial charge in [-0.15, -0.1) is 0 Å². The molecule has 37 heavy (non-hydrogen) atoms. The molecule has 3 aromatic rings. The van der Waals surface area contributed by atoms with Crippen molar-refractivity contribution in [1.29, 1.82) is 0 Å². The number of hydrazine groups is 1. The van der Waals surface area contributed by atoms with Crippen molar-refractivity contribution in [2.24, 2.45) is 0 Å². The SMILES string of the molecule is O=C(CN(C(=O)c1ccccc1[N+](=O)[O-])N1C(=O)c2c(Br)c(Br)c(Br)c(Br)c2C1=O)c1ccc(F)cc1. The van der Waals surface area contributed by atoms with Crippen LogP contribution in [-0.2, 0) is 0 Å². The van der Waals surface area contributed by atoms with E-state index in [1.54, 1.807) is 0 Å². The standard InChI is InChI=1S/C23H10Br4FN3O6/c24-17-15-16(18(25)20(27)19(17)26)23(35)30(22(15)34)29(9-14(32)10-5-7-11(28)8-6-10)21(33)12-3-1-2-4-13(12)31(36)37/h1-8H,9H2. The molecule has 1 heterocycles. The number of ketones is 1. The Hall–Kier alpha value is -2.81. The van der Waals surface area contributed by atoms with E-state index < -0.39 is 52.0 Å². The summed E-state index contributed by atoms with van der Waals surface area (Å²) in [5.41, 5.74) is -1.23. The molecule has 3 amide bonds. The molecular weight excluding hydrogens is 753 g/mol. The van der Waals surface area contributed by atoms with Gasteiger partial charge >= 0.3 is 0 Å². The Kier molecular flexibility index (Phi) is 7.74. The largest absolute Gasteiger partial charge is 0.292 e. The molecule has 0 fully saturated rings. The van der Waals surface area contributed by atoms with Gasteiger partial charge in [0.05, 0.1) is 16.1 Å². The van der Waals surface area contributed by atoms with E-state index >= 15 is 0 Å². The second kappa shape index (κ2) is 10.5. The Bertz CT molecular complexity index is 1480. The fourth-order valence-electron chi connectivity index (χ4n) is 3.61. The summed E-state index contributed by atoms with van der Waals surface area (Å²) in [5.74, 6) is -4.37. The van der Waals surface area contributed by atoms with Crippen molar-refractivity contribution in [3.63, 3.8) is 0 Å². The fourth-order valence-corrected chi connectivity index (χ4v) is 6.06. The average Bonchev–Trinajstić information content (AvgIpc) is 3.14. The van der Waals surface area contributed by atoms with E-state index in [0.717, 1.165) is 24.3 Å². The number of imide groups is 1. The van der Waals surface area contributed by atoms with Crippen molar-refractivity contribution in [1.82, 2.24) is 10.0 Å². The van der Waals surface area contributed by atoms with Crippen LogP contribution in [0.2, 0.25) is 0 Å². The number of carbonyl (C=O) groups excluding carboxylic acids is 4. The normalized spacial score (nSPS) is 12.5. The third-order valence-electron chi connectivity index (χ3n) is 5.35. The molecule has 4 rings (SSSR count). The van der Waals surface area contributed by atoms with Gasteiger partial charge in [-0.25, -0.2) is 9.40 Å². The van der Waals surface area contributed by atoms with Crippen LogP contribution in [-0.4, -0.2) is 45.0 Å². The number of nitrogens with zero attached hydrogens (tertiary/aromatic N) is 3. The maximum Gasteiger partial charge on any atom is 0.282 e. The highest BCUT2D eigenvalue weighted by molar-refractivity contribution is 9.15. The predicted molar refractivity (Wildman–Crippen MR) is 143 cm³/mol. The minimum atomic E-state index is -1.14. The van der Waals surface area contributed by atoms with E-state index in [9.17, 15) is 33.7 Å². The Labute approximate surface area is 241 Å². The number of carbonyl (C=O) groups is 4. The number of para-hydroxylation sites is 1. The minimum absolute atomic E-state index is 0.00813. The molecule has 14 heteroatoms. The van der Waals surface area contributed by atoms with Crippen LogP contribution in [0.3, 0.4) is 0 Å². The lowest BCUT2D eigenvalue weighted by molar-refractivity contribution is -0.385. The predicted octanol–water partition coefficient (Wildman–Crippen LogP) is 6.32. The van der Waals surface area contributed by atoms with E-state index in [1.807, 2.05) is 0 Å². The molecule has 1 aliphatic rings. The van der Waals surface area contributed by atoms with Crippen molar-refractivity contribution in [2.75, 3.05) is 6.54 Å². The van der Waals surface area contributed by atoms with Crippen LogP contribution in [0.25, 0.3) is 0 Å². The molecule has 0 aliphatic carbocycles. The third-order valence-corrected chi connectivity index (χ3v) is 10.1. The number of nitro benzene ring substituents is 1. The molecule has 3 aromatic carbocycles. The lowest BCUT2D eigenvalue weighted by Crippen LogP contribution is -2.51. The molecule has 0 unspecified atom stereocenters. The summed E-state index contributed by atoms with van der Waals surface area (Å²) >= 11 is 13.2. The van der Waals surface area contributed by atoms with Crippen LogP contribution < -0.4 is 0 Å². The monoisotopic (exact) mass is 759 g/mol. The van der Waals surface area contributed by atoms with Crippen molar-refractivity contribution in [2.45, 2.75) is 0 Å². The highest BCUT2D eigenvalue weighted by Crippen LogP contribution is 2.45. The van der Waals surface area contributed by atoms with Crippen molar-refractivity contribution in [3.8, 4) is 0 Å². The maximum absolute atomic E-state index is 13.6. The van der Waals surface area contributed by atoms with Crippen LogP contribution in [0.15, 0.2) is 66.4 Å². The zero-order chi connectivity index (χ0) is 27.2. The molecule has 0 atom stereocenters. The van der Waals surface area contributed by atoms with Gasteiger partial charge in [0.2, 0.25) is 0 Å². The smallest absolute Gasteiger partial charge is 0.282 e. The number of hydrogen-bond acceptors (Lipinski definition) is 6. The number of hydrogen-bond donors (Lipinski definition) is 0. The van der Waals surface area contributed by atoms with Crippen LogP contribution in [0.5, 0.6) is 0 Å². The van der Waals surface area contributed by atoms with Crippen molar-refractivity contribution in [3.05, 3.63) is 105 Å². The van der Waals surface area contributed by atoms with Gasteiger partial charge in [-0.3, -0.25) is 29.3 Å². The molecule has 0 spiro atoms. The summed E-state index contributed by atoms with van der Waals surface area (Å²) in [6.07, 6.45) is 0. The van der Waals surface area contributed by atoms with Gasteiger partial charge in [0.15, 0.2) is 5.78 Å². The maximum atomic E-state index is 13.6. The minimum Gasteiger partial charge on any atom is -0.292 e. The molecule has 0 bridgehead atoms. The lowest BCUT2D eigenvalue weighted by Gasteiger charge is -2.29. The first-order valence-electron chi connectivity index (χ1n) is 10.0. The zero-order valence-electron chi connectivity index (χ0n) is 18.0. The zero-order valence-corrected chi connectivity index (χ0v) is 24.4. The number of benzene rings is 3. The first kappa shape index (κ1) is 27.2. The van der Waals surface area contributed by atoms with Gasteiger partial charge in [-0.2, -0.15) is 5.01 Å². The van der Waals surface area contributed by atoms with Crippen LogP contribution in [0.4, 0.5) is 10.1 Å². The first-order valence-corrected chi connectivity index (χ1v) is 13.2.